The first-order valence-corrected chi connectivity index (χ1v) is 9.97. The fourth-order valence-electron chi connectivity index (χ4n) is 3.29. The number of amides is 2. The number of benzene rings is 1. The van der Waals surface area contributed by atoms with E-state index in [0.717, 1.165) is 24.5 Å². The van der Waals surface area contributed by atoms with Gasteiger partial charge in [-0.3, -0.25) is 4.90 Å². The standard InChI is InChI=1S/C22H28N6O/c1-3-27(4-2)20(19-9-6-5-7-10-19)17-25-22(29)24-16-18-11-12-21(23-15-18)28-14-8-13-26-28/h5-15,20H,3-4,16-17H2,1-2H3,(H2,24,25,29). The zero-order valence-electron chi connectivity index (χ0n) is 17.0. The maximum atomic E-state index is 12.3. The largest absolute Gasteiger partial charge is 0.336 e. The van der Waals surface area contributed by atoms with Crippen LogP contribution < -0.4 is 10.6 Å². The molecule has 3 rings (SSSR count). The summed E-state index contributed by atoms with van der Waals surface area (Å²) in [4.78, 5) is 19.1. The molecule has 0 fully saturated rings. The van der Waals surface area contributed by atoms with Gasteiger partial charge in [0.05, 0.1) is 6.04 Å². The number of hydrogen-bond donors (Lipinski definition) is 2. The van der Waals surface area contributed by atoms with Gasteiger partial charge >= 0.3 is 6.03 Å². The summed E-state index contributed by atoms with van der Waals surface area (Å²) in [6, 6.07) is 15.9. The number of nitrogens with one attached hydrogen (secondary N) is 2. The highest BCUT2D eigenvalue weighted by Crippen LogP contribution is 2.19. The van der Waals surface area contributed by atoms with Crippen LogP contribution in [0.3, 0.4) is 0 Å². The molecule has 0 aliphatic heterocycles. The topological polar surface area (TPSA) is 75.1 Å². The smallest absolute Gasteiger partial charge is 0.315 e. The van der Waals surface area contributed by atoms with Crippen molar-refractivity contribution < 1.29 is 4.79 Å². The van der Waals surface area contributed by atoms with Gasteiger partial charge in [0.2, 0.25) is 0 Å². The number of urea groups is 1. The van der Waals surface area contributed by atoms with E-state index in [1.54, 1.807) is 17.1 Å². The Hall–Kier alpha value is -3.19. The summed E-state index contributed by atoms with van der Waals surface area (Å²) >= 11 is 0. The van der Waals surface area contributed by atoms with Crippen LogP contribution in [-0.2, 0) is 6.54 Å². The van der Waals surface area contributed by atoms with Gasteiger partial charge in [-0.1, -0.05) is 50.2 Å². The number of carbonyl (C=O) groups excluding carboxylic acids is 1. The third-order valence-electron chi connectivity index (χ3n) is 4.89. The molecule has 2 aromatic heterocycles. The fourth-order valence-corrected chi connectivity index (χ4v) is 3.29. The van der Waals surface area contributed by atoms with E-state index in [0.29, 0.717) is 13.1 Å². The van der Waals surface area contributed by atoms with Crippen LogP contribution in [0.1, 0.15) is 31.0 Å². The van der Waals surface area contributed by atoms with Crippen LogP contribution in [0, 0.1) is 0 Å². The molecule has 7 nitrogen and oxygen atoms in total. The Labute approximate surface area is 171 Å². The molecule has 0 spiro atoms. The van der Waals surface area contributed by atoms with Crippen molar-refractivity contribution >= 4 is 6.03 Å². The number of likely N-dealkylation sites (N-methyl/N-ethyl adjacent to an activating group) is 1. The quantitative estimate of drug-likeness (QED) is 0.587. The third-order valence-corrected chi connectivity index (χ3v) is 4.89. The third kappa shape index (κ3) is 5.65. The Bertz CT molecular complexity index is 860. The van der Waals surface area contributed by atoms with Gasteiger partial charge in [-0.2, -0.15) is 5.10 Å². The number of aromatic nitrogens is 3. The summed E-state index contributed by atoms with van der Waals surface area (Å²) in [5, 5.41) is 10.1. The van der Waals surface area contributed by atoms with Gasteiger partial charge in [0.1, 0.15) is 0 Å². The van der Waals surface area contributed by atoms with Crippen LogP contribution in [0.2, 0.25) is 0 Å². The summed E-state index contributed by atoms with van der Waals surface area (Å²) in [5.41, 5.74) is 2.13. The van der Waals surface area contributed by atoms with E-state index in [9.17, 15) is 4.79 Å². The monoisotopic (exact) mass is 392 g/mol. The second kappa shape index (κ2) is 10.4. The van der Waals surface area contributed by atoms with Crippen molar-refractivity contribution in [2.24, 2.45) is 0 Å². The van der Waals surface area contributed by atoms with E-state index in [-0.39, 0.29) is 12.1 Å². The van der Waals surface area contributed by atoms with Gasteiger partial charge < -0.3 is 10.6 Å². The minimum absolute atomic E-state index is 0.145. The van der Waals surface area contributed by atoms with Crippen LogP contribution in [0.4, 0.5) is 4.79 Å². The lowest BCUT2D eigenvalue weighted by atomic mass is 10.1. The molecule has 0 saturated heterocycles. The van der Waals surface area contributed by atoms with E-state index in [2.05, 4.69) is 51.6 Å². The van der Waals surface area contributed by atoms with Crippen molar-refractivity contribution in [3.8, 4) is 5.82 Å². The lowest BCUT2D eigenvalue weighted by Crippen LogP contribution is -2.42. The molecule has 7 heteroatoms. The van der Waals surface area contributed by atoms with Crippen molar-refractivity contribution in [2.75, 3.05) is 19.6 Å². The second-order valence-corrected chi connectivity index (χ2v) is 6.69. The predicted molar refractivity (Wildman–Crippen MR) is 114 cm³/mol. The van der Waals surface area contributed by atoms with Crippen molar-refractivity contribution in [3.63, 3.8) is 0 Å². The normalized spacial score (nSPS) is 12.0. The van der Waals surface area contributed by atoms with Gasteiger partial charge in [0, 0.05) is 31.7 Å². The number of rotatable bonds is 9. The molecule has 0 aliphatic rings. The molecule has 3 aromatic rings. The lowest BCUT2D eigenvalue weighted by Gasteiger charge is -2.30. The molecular formula is C22H28N6O. The lowest BCUT2D eigenvalue weighted by molar-refractivity contribution is 0.206. The van der Waals surface area contributed by atoms with Crippen molar-refractivity contribution in [1.82, 2.24) is 30.3 Å². The maximum Gasteiger partial charge on any atom is 0.315 e. The molecule has 1 atom stereocenters. The van der Waals surface area contributed by atoms with E-state index in [1.165, 1.54) is 5.56 Å². The minimum atomic E-state index is -0.186. The first kappa shape index (κ1) is 20.5. The zero-order chi connectivity index (χ0) is 20.5. The van der Waals surface area contributed by atoms with Crippen molar-refractivity contribution in [3.05, 3.63) is 78.2 Å². The minimum Gasteiger partial charge on any atom is -0.336 e. The van der Waals surface area contributed by atoms with Crippen molar-refractivity contribution in [1.29, 1.82) is 0 Å². The number of carbonyl (C=O) groups is 1. The number of nitrogens with zero attached hydrogens (tertiary/aromatic N) is 4. The highest BCUT2D eigenvalue weighted by molar-refractivity contribution is 5.73. The van der Waals surface area contributed by atoms with Crippen LogP contribution in [0.25, 0.3) is 5.82 Å². The summed E-state index contributed by atoms with van der Waals surface area (Å²) in [6.45, 7) is 7.09. The Morgan fingerprint density at radius 2 is 1.86 bits per heavy atom. The molecule has 2 heterocycles. The van der Waals surface area contributed by atoms with E-state index in [4.69, 9.17) is 0 Å². The molecule has 2 N–H and O–H groups in total. The van der Waals surface area contributed by atoms with Crippen LogP contribution in [-0.4, -0.2) is 45.3 Å². The molecule has 0 radical (unpaired) electrons. The van der Waals surface area contributed by atoms with Gasteiger partial charge in [-0.05, 0) is 36.3 Å². The van der Waals surface area contributed by atoms with Gasteiger partial charge in [-0.25, -0.2) is 14.5 Å². The predicted octanol–water partition coefficient (Wildman–Crippen LogP) is 3.15. The van der Waals surface area contributed by atoms with E-state index >= 15 is 0 Å². The van der Waals surface area contributed by atoms with Crippen LogP contribution >= 0.6 is 0 Å². The first-order chi connectivity index (χ1) is 14.2. The highest BCUT2D eigenvalue weighted by atomic mass is 16.2. The molecule has 29 heavy (non-hydrogen) atoms. The van der Waals surface area contributed by atoms with Crippen molar-refractivity contribution in [2.45, 2.75) is 26.4 Å². The fraction of sp³-hybridized carbons (Fsp3) is 0.318. The molecule has 1 aromatic carbocycles. The molecule has 152 valence electrons. The molecule has 1 unspecified atom stereocenters. The summed E-state index contributed by atoms with van der Waals surface area (Å²) < 4.78 is 1.70. The Morgan fingerprint density at radius 1 is 1.07 bits per heavy atom. The average molecular weight is 393 g/mol. The first-order valence-electron chi connectivity index (χ1n) is 9.97. The molecule has 0 aliphatic carbocycles. The van der Waals surface area contributed by atoms with E-state index < -0.39 is 0 Å². The Kier molecular flexibility index (Phi) is 7.35. The number of pyridine rings is 1. The Balaban J connectivity index is 1.52. The Morgan fingerprint density at radius 3 is 2.48 bits per heavy atom. The summed E-state index contributed by atoms with van der Waals surface area (Å²) in [5.74, 6) is 0.744. The second-order valence-electron chi connectivity index (χ2n) is 6.69. The molecule has 0 bridgehead atoms. The molecule has 0 saturated carbocycles. The SMILES string of the molecule is CCN(CC)C(CNC(=O)NCc1ccc(-n2cccn2)nc1)c1ccccc1. The van der Waals surface area contributed by atoms with Gasteiger partial charge in [0.25, 0.3) is 0 Å². The molecule has 2 amide bonds. The average Bonchev–Trinajstić information content (AvgIpc) is 3.31. The molecular weight excluding hydrogens is 364 g/mol. The van der Waals surface area contributed by atoms with Crippen LogP contribution in [0.5, 0.6) is 0 Å². The van der Waals surface area contributed by atoms with Gasteiger partial charge in [-0.15, -0.1) is 0 Å². The highest BCUT2D eigenvalue weighted by Gasteiger charge is 2.18. The summed E-state index contributed by atoms with van der Waals surface area (Å²) in [6.07, 6.45) is 5.30. The summed E-state index contributed by atoms with van der Waals surface area (Å²) in [7, 11) is 0. The zero-order valence-corrected chi connectivity index (χ0v) is 17.0. The van der Waals surface area contributed by atoms with Gasteiger partial charge in [0.15, 0.2) is 5.82 Å². The van der Waals surface area contributed by atoms with E-state index in [1.807, 2.05) is 42.6 Å². The number of hydrogen-bond acceptors (Lipinski definition) is 4. The van der Waals surface area contributed by atoms with Crippen LogP contribution in [0.15, 0.2) is 67.1 Å². The maximum absolute atomic E-state index is 12.3.